The van der Waals surface area contributed by atoms with Crippen LogP contribution >= 0.6 is 0 Å². The van der Waals surface area contributed by atoms with Crippen molar-refractivity contribution >= 4 is 0 Å². The monoisotopic (exact) mass is 294 g/mol. The van der Waals surface area contributed by atoms with Crippen LogP contribution in [0.2, 0.25) is 0 Å². The topological polar surface area (TPSA) is 47.7 Å². The van der Waals surface area contributed by atoms with Crippen molar-refractivity contribution in [2.45, 2.75) is 64.3 Å². The first kappa shape index (κ1) is 15.0. The summed E-state index contributed by atoms with van der Waals surface area (Å²) in [6.07, 6.45) is 5.36. The Hall–Kier alpha value is -0.910. The van der Waals surface area contributed by atoms with Crippen LogP contribution in [0.4, 0.5) is 0 Å². The Morgan fingerprint density at radius 3 is 2.67 bits per heavy atom. The van der Waals surface area contributed by atoms with Crippen LogP contribution in [0.15, 0.2) is 10.6 Å². The molecule has 3 rings (SSSR count). The molecule has 1 aromatic heterocycles. The molecule has 0 amide bonds. The van der Waals surface area contributed by atoms with E-state index in [0.717, 1.165) is 31.2 Å². The quantitative estimate of drug-likeness (QED) is 0.858. The lowest BCUT2D eigenvalue weighted by atomic mass is 9.94. The molecule has 2 aliphatic rings. The molecule has 1 unspecified atom stereocenters. The predicted octanol–water partition coefficient (Wildman–Crippen LogP) is 2.70. The minimum atomic E-state index is -0.0812. The molecule has 1 aromatic rings. The third-order valence-electron chi connectivity index (χ3n) is 4.26. The fraction of sp³-hybridized carbons (Fsp3) is 0.812. The van der Waals surface area contributed by atoms with Crippen LogP contribution in [0.5, 0.6) is 0 Å². The van der Waals surface area contributed by atoms with Crippen LogP contribution in [0.1, 0.15) is 51.7 Å². The molecular formula is C16H26N2O3. The van der Waals surface area contributed by atoms with Crippen molar-refractivity contribution in [3.05, 3.63) is 17.8 Å². The Bertz CT molecular complexity index is 460. The average molecular weight is 294 g/mol. The number of hydrogen-bond acceptors (Lipinski definition) is 5. The van der Waals surface area contributed by atoms with E-state index in [9.17, 15) is 0 Å². The third-order valence-corrected chi connectivity index (χ3v) is 4.26. The van der Waals surface area contributed by atoms with Gasteiger partial charge in [-0.3, -0.25) is 4.90 Å². The second-order valence-corrected chi connectivity index (χ2v) is 7.01. The molecule has 0 aliphatic carbocycles. The van der Waals surface area contributed by atoms with Crippen LogP contribution < -0.4 is 0 Å². The van der Waals surface area contributed by atoms with Crippen LogP contribution in [-0.2, 0) is 21.4 Å². The highest BCUT2D eigenvalue weighted by Gasteiger charge is 2.34. The van der Waals surface area contributed by atoms with E-state index >= 15 is 0 Å². The first-order valence-electron chi connectivity index (χ1n) is 7.96. The van der Waals surface area contributed by atoms with E-state index < -0.39 is 0 Å². The van der Waals surface area contributed by atoms with Gasteiger partial charge in [-0.1, -0.05) is 27.2 Å². The molecule has 0 N–H and O–H groups in total. The van der Waals surface area contributed by atoms with Gasteiger partial charge in [0, 0.05) is 5.41 Å². The summed E-state index contributed by atoms with van der Waals surface area (Å²) in [6, 6.07) is 0.325. The van der Waals surface area contributed by atoms with Crippen molar-refractivity contribution in [1.82, 2.24) is 9.88 Å². The summed E-state index contributed by atoms with van der Waals surface area (Å²) in [4.78, 5) is 6.85. The average Bonchev–Trinajstić information content (AvgIpc) is 3.09. The molecular weight excluding hydrogens is 268 g/mol. The number of piperidine rings is 1. The summed E-state index contributed by atoms with van der Waals surface area (Å²) in [5, 5.41) is 0. The van der Waals surface area contributed by atoms with Gasteiger partial charge in [-0.05, 0) is 19.4 Å². The van der Waals surface area contributed by atoms with E-state index in [1.54, 1.807) is 0 Å². The number of ether oxygens (including phenoxy) is 2. The van der Waals surface area contributed by atoms with Crippen molar-refractivity contribution in [2.75, 3.05) is 19.8 Å². The van der Waals surface area contributed by atoms with Crippen molar-refractivity contribution in [2.24, 2.45) is 0 Å². The summed E-state index contributed by atoms with van der Waals surface area (Å²) in [7, 11) is 0. The Kier molecular flexibility index (Phi) is 4.33. The Labute approximate surface area is 126 Å². The third kappa shape index (κ3) is 3.47. The van der Waals surface area contributed by atoms with Crippen molar-refractivity contribution in [1.29, 1.82) is 0 Å². The largest absolute Gasteiger partial charge is 0.444 e. The van der Waals surface area contributed by atoms with Gasteiger partial charge < -0.3 is 13.9 Å². The maximum atomic E-state index is 5.93. The maximum absolute atomic E-state index is 5.93. The van der Waals surface area contributed by atoms with Gasteiger partial charge in [0.25, 0.3) is 0 Å². The van der Waals surface area contributed by atoms with E-state index in [1.807, 2.05) is 6.20 Å². The molecule has 2 saturated heterocycles. The van der Waals surface area contributed by atoms with E-state index in [-0.39, 0.29) is 11.7 Å². The minimum absolute atomic E-state index is 0.00419. The lowest BCUT2D eigenvalue weighted by Crippen LogP contribution is -2.46. The van der Waals surface area contributed by atoms with Crippen molar-refractivity contribution < 1.29 is 13.9 Å². The first-order valence-corrected chi connectivity index (χ1v) is 7.96. The summed E-state index contributed by atoms with van der Waals surface area (Å²) in [5.74, 6) is 1.74. The normalized spacial score (nSPS) is 25.6. The van der Waals surface area contributed by atoms with E-state index in [1.165, 1.54) is 12.8 Å². The zero-order chi connectivity index (χ0) is 14.9. The molecule has 0 saturated carbocycles. The minimum Gasteiger partial charge on any atom is -0.444 e. The standard InChI is InChI=1S/C16H26N2O3/c1-16(2,3)13-10-17-14(21-13)11-18-7-5-4-6-12(18)15-19-8-9-20-15/h10,12,15H,4-9,11H2,1-3H3. The molecule has 21 heavy (non-hydrogen) atoms. The molecule has 118 valence electrons. The summed E-state index contributed by atoms with van der Waals surface area (Å²) in [6.45, 7) is 9.64. The molecule has 5 heteroatoms. The zero-order valence-electron chi connectivity index (χ0n) is 13.3. The second-order valence-electron chi connectivity index (χ2n) is 7.01. The molecule has 0 spiro atoms. The molecule has 0 bridgehead atoms. The van der Waals surface area contributed by atoms with Crippen molar-refractivity contribution in [3.63, 3.8) is 0 Å². The number of rotatable bonds is 3. The highest BCUT2D eigenvalue weighted by atomic mass is 16.7. The van der Waals surface area contributed by atoms with Crippen LogP contribution in [0.25, 0.3) is 0 Å². The lowest BCUT2D eigenvalue weighted by molar-refractivity contribution is -0.112. The van der Waals surface area contributed by atoms with Crippen molar-refractivity contribution in [3.8, 4) is 0 Å². The zero-order valence-corrected chi connectivity index (χ0v) is 13.3. The van der Waals surface area contributed by atoms with Gasteiger partial charge in [0.15, 0.2) is 6.29 Å². The number of oxazole rings is 1. The highest BCUT2D eigenvalue weighted by molar-refractivity contribution is 5.06. The van der Waals surface area contributed by atoms with Gasteiger partial charge in [0.1, 0.15) is 5.76 Å². The SMILES string of the molecule is CC(C)(C)c1cnc(CN2CCCCC2C2OCCO2)o1. The van der Waals surface area contributed by atoms with Gasteiger partial charge in [0.2, 0.25) is 5.89 Å². The molecule has 0 aromatic carbocycles. The summed E-state index contributed by atoms with van der Waals surface area (Å²) < 4.78 is 17.3. The van der Waals surface area contributed by atoms with Crippen LogP contribution in [-0.4, -0.2) is 42.0 Å². The summed E-state index contributed by atoms with van der Waals surface area (Å²) in [5.41, 5.74) is 0.00419. The lowest BCUT2D eigenvalue weighted by Gasteiger charge is -2.37. The van der Waals surface area contributed by atoms with Gasteiger partial charge >= 0.3 is 0 Å². The fourth-order valence-corrected chi connectivity index (χ4v) is 3.02. The number of hydrogen-bond donors (Lipinski definition) is 0. The van der Waals surface area contributed by atoms with E-state index in [2.05, 4.69) is 30.7 Å². The first-order chi connectivity index (χ1) is 10.0. The Morgan fingerprint density at radius 1 is 1.24 bits per heavy atom. The number of likely N-dealkylation sites (tertiary alicyclic amines) is 1. The molecule has 0 radical (unpaired) electrons. The molecule has 3 heterocycles. The predicted molar refractivity (Wildman–Crippen MR) is 78.9 cm³/mol. The van der Waals surface area contributed by atoms with Gasteiger partial charge in [-0.2, -0.15) is 0 Å². The van der Waals surface area contributed by atoms with Gasteiger partial charge in [-0.15, -0.1) is 0 Å². The van der Waals surface area contributed by atoms with Gasteiger partial charge in [-0.25, -0.2) is 4.98 Å². The summed E-state index contributed by atoms with van der Waals surface area (Å²) >= 11 is 0. The second kappa shape index (κ2) is 6.07. The molecule has 2 aliphatic heterocycles. The van der Waals surface area contributed by atoms with E-state index in [4.69, 9.17) is 13.9 Å². The molecule has 2 fully saturated rings. The van der Waals surface area contributed by atoms with E-state index in [0.29, 0.717) is 19.3 Å². The van der Waals surface area contributed by atoms with Crippen LogP contribution in [0, 0.1) is 0 Å². The highest BCUT2D eigenvalue weighted by Crippen LogP contribution is 2.27. The fourth-order valence-electron chi connectivity index (χ4n) is 3.02. The number of aromatic nitrogens is 1. The molecule has 5 nitrogen and oxygen atoms in total. The molecule has 1 atom stereocenters. The maximum Gasteiger partial charge on any atom is 0.208 e. The van der Waals surface area contributed by atoms with Crippen LogP contribution in [0.3, 0.4) is 0 Å². The smallest absolute Gasteiger partial charge is 0.208 e. The number of nitrogens with zero attached hydrogens (tertiary/aromatic N) is 2. The Balaban J connectivity index is 1.68. The Morgan fingerprint density at radius 2 is 2.00 bits per heavy atom. The van der Waals surface area contributed by atoms with Gasteiger partial charge in [0.05, 0.1) is 32.0 Å².